The molecule has 3 heterocycles. The summed E-state index contributed by atoms with van der Waals surface area (Å²) in [5.41, 5.74) is 0.317. The van der Waals surface area contributed by atoms with Crippen molar-refractivity contribution in [2.45, 2.75) is 5.92 Å². The maximum Gasteiger partial charge on any atom is 0.330 e. The highest BCUT2D eigenvalue weighted by Gasteiger charge is 2.53. The third-order valence-electron chi connectivity index (χ3n) is 4.64. The van der Waals surface area contributed by atoms with Crippen molar-refractivity contribution < 1.29 is 28.8 Å². The fourth-order valence-corrected chi connectivity index (χ4v) is 3.17. The molecule has 3 rings (SSSR count). The minimum atomic E-state index is -1.52. The molecule has 0 aromatic carbocycles. The summed E-state index contributed by atoms with van der Waals surface area (Å²) in [7, 11) is 2.36. The van der Waals surface area contributed by atoms with Crippen molar-refractivity contribution in [3.05, 3.63) is 30.1 Å². The van der Waals surface area contributed by atoms with Gasteiger partial charge in [0.2, 0.25) is 23.6 Å². The van der Waals surface area contributed by atoms with Crippen molar-refractivity contribution in [2.24, 2.45) is 11.8 Å². The van der Waals surface area contributed by atoms with Crippen LogP contribution in [0.4, 0.5) is 9.59 Å². The van der Waals surface area contributed by atoms with Crippen molar-refractivity contribution in [2.75, 3.05) is 14.1 Å². The Hall–Kier alpha value is -3.63. The van der Waals surface area contributed by atoms with Crippen LogP contribution in [0, 0.1) is 11.8 Å². The first-order chi connectivity index (χ1) is 12.7. The molecule has 0 saturated carbocycles. The Labute approximate surface area is 152 Å². The average molecular weight is 373 g/mol. The van der Waals surface area contributed by atoms with Gasteiger partial charge in [-0.2, -0.15) is 0 Å². The number of nitrogens with zero attached hydrogens (tertiary/aromatic N) is 3. The van der Waals surface area contributed by atoms with E-state index in [1.807, 2.05) is 10.6 Å². The molecule has 2 fully saturated rings. The number of rotatable bonds is 3. The smallest absolute Gasteiger partial charge is 0.277 e. The molecule has 140 valence electrons. The number of imide groups is 4. The lowest BCUT2D eigenvalue weighted by atomic mass is 9.73. The van der Waals surface area contributed by atoms with E-state index in [4.69, 9.17) is 0 Å². The minimum Gasteiger partial charge on any atom is -0.277 e. The van der Waals surface area contributed by atoms with Gasteiger partial charge in [-0.1, -0.05) is 0 Å². The van der Waals surface area contributed by atoms with Crippen LogP contribution in [0.25, 0.3) is 0 Å². The first kappa shape index (κ1) is 18.2. The van der Waals surface area contributed by atoms with Gasteiger partial charge in [-0.15, -0.1) is 0 Å². The Kier molecular flexibility index (Phi) is 4.44. The predicted molar refractivity (Wildman–Crippen MR) is 86.6 cm³/mol. The summed E-state index contributed by atoms with van der Waals surface area (Å²) in [5.74, 6) is -7.83. The number of nitrogens with one attached hydrogen (secondary N) is 2. The third kappa shape index (κ3) is 2.92. The van der Waals surface area contributed by atoms with Crippen LogP contribution in [0.3, 0.4) is 0 Å². The number of carbonyl (C=O) groups excluding carboxylic acids is 6. The van der Waals surface area contributed by atoms with Crippen LogP contribution in [0.15, 0.2) is 24.5 Å². The van der Waals surface area contributed by atoms with Crippen LogP contribution in [-0.2, 0) is 19.2 Å². The second-order valence-corrected chi connectivity index (χ2v) is 6.14. The summed E-state index contributed by atoms with van der Waals surface area (Å²) in [6, 6.07) is 1.11. The Morgan fingerprint density at radius 3 is 1.63 bits per heavy atom. The first-order valence-corrected chi connectivity index (χ1v) is 7.88. The summed E-state index contributed by atoms with van der Waals surface area (Å²) < 4.78 is 0. The van der Waals surface area contributed by atoms with E-state index in [-0.39, 0.29) is 0 Å². The molecule has 11 heteroatoms. The van der Waals surface area contributed by atoms with Crippen LogP contribution in [0.5, 0.6) is 0 Å². The zero-order valence-corrected chi connectivity index (χ0v) is 14.3. The quantitative estimate of drug-likeness (QED) is 0.634. The fourth-order valence-electron chi connectivity index (χ4n) is 3.17. The topological polar surface area (TPSA) is 146 Å². The molecular formula is C16H15N5O6. The Bertz CT molecular complexity index is 817. The third-order valence-corrected chi connectivity index (χ3v) is 4.64. The van der Waals surface area contributed by atoms with Crippen molar-refractivity contribution in [3.8, 4) is 0 Å². The molecule has 2 atom stereocenters. The largest absolute Gasteiger partial charge is 0.330 e. The summed E-state index contributed by atoms with van der Waals surface area (Å²) in [5, 5.41) is 4.07. The molecule has 11 nitrogen and oxygen atoms in total. The van der Waals surface area contributed by atoms with Gasteiger partial charge in [-0.05, 0) is 17.7 Å². The molecule has 2 saturated heterocycles. The highest BCUT2D eigenvalue weighted by molar-refractivity contribution is 6.20. The molecule has 0 spiro atoms. The number of pyridine rings is 1. The molecular weight excluding hydrogens is 358 g/mol. The highest BCUT2D eigenvalue weighted by atomic mass is 16.2. The van der Waals surface area contributed by atoms with E-state index in [9.17, 15) is 28.8 Å². The van der Waals surface area contributed by atoms with Crippen molar-refractivity contribution in [3.63, 3.8) is 0 Å². The van der Waals surface area contributed by atoms with Crippen molar-refractivity contribution in [1.82, 2.24) is 25.4 Å². The minimum absolute atomic E-state index is 0.317. The second-order valence-electron chi connectivity index (χ2n) is 6.14. The fraction of sp³-hybridized carbons (Fsp3) is 0.312. The lowest BCUT2D eigenvalue weighted by Crippen LogP contribution is -2.63. The van der Waals surface area contributed by atoms with Gasteiger partial charge in [0.15, 0.2) is 0 Å². The van der Waals surface area contributed by atoms with Gasteiger partial charge in [0.1, 0.15) is 11.8 Å². The zero-order chi connectivity index (χ0) is 19.9. The second kappa shape index (κ2) is 6.59. The van der Waals surface area contributed by atoms with E-state index in [1.54, 1.807) is 0 Å². The number of hydrogen-bond donors (Lipinski definition) is 2. The van der Waals surface area contributed by atoms with Gasteiger partial charge in [-0.3, -0.25) is 44.6 Å². The number of barbiturate groups is 2. The molecule has 27 heavy (non-hydrogen) atoms. The Morgan fingerprint density at radius 2 is 1.22 bits per heavy atom. The normalized spacial score (nSPS) is 23.7. The van der Waals surface area contributed by atoms with Gasteiger partial charge >= 0.3 is 12.1 Å². The maximum atomic E-state index is 12.7. The van der Waals surface area contributed by atoms with Gasteiger partial charge in [0, 0.05) is 32.4 Å². The number of urea groups is 2. The summed E-state index contributed by atoms with van der Waals surface area (Å²) >= 11 is 0. The first-order valence-electron chi connectivity index (χ1n) is 7.88. The van der Waals surface area contributed by atoms with Gasteiger partial charge < -0.3 is 0 Å². The Balaban J connectivity index is 2.13. The van der Waals surface area contributed by atoms with Crippen molar-refractivity contribution in [1.29, 1.82) is 0 Å². The molecule has 0 unspecified atom stereocenters. The molecule has 8 amide bonds. The van der Waals surface area contributed by atoms with Crippen LogP contribution in [-0.4, -0.2) is 64.6 Å². The van der Waals surface area contributed by atoms with E-state index >= 15 is 0 Å². The zero-order valence-electron chi connectivity index (χ0n) is 14.3. The molecule has 0 bridgehead atoms. The molecule has 1 aromatic rings. The van der Waals surface area contributed by atoms with E-state index in [2.05, 4.69) is 4.98 Å². The maximum absolute atomic E-state index is 12.7. The van der Waals surface area contributed by atoms with Crippen LogP contribution in [0.2, 0.25) is 0 Å². The number of amides is 8. The highest BCUT2D eigenvalue weighted by Crippen LogP contribution is 2.37. The molecule has 2 N–H and O–H groups in total. The van der Waals surface area contributed by atoms with Gasteiger partial charge in [-0.25, -0.2) is 9.59 Å². The molecule has 1 aromatic heterocycles. The monoisotopic (exact) mass is 373 g/mol. The standard InChI is InChI=1S/C16H15N5O6/c1-20-13(24)9(11(22)18-15(20)26)8(7-3-5-17-6-4-7)10-12(23)19-16(27)21(2)14(10)25/h3-6,8-10H,1-2H3,(H,18,22,26)(H,19,23,27)/t9-,10-/m0/s1. The van der Waals surface area contributed by atoms with E-state index in [0.717, 1.165) is 0 Å². The van der Waals surface area contributed by atoms with E-state index in [1.165, 1.54) is 38.6 Å². The predicted octanol–water partition coefficient (Wildman–Crippen LogP) is -1.19. The van der Waals surface area contributed by atoms with E-state index in [0.29, 0.717) is 15.4 Å². The molecule has 0 radical (unpaired) electrons. The van der Waals surface area contributed by atoms with Gasteiger partial charge in [0.25, 0.3) is 0 Å². The number of hydrogen-bond acceptors (Lipinski definition) is 7. The SMILES string of the molecule is CN1C(=O)NC(=O)[C@H](C(c2ccncc2)[C@H]2C(=O)NC(=O)N(C)C2=O)C1=O. The number of aromatic nitrogens is 1. The summed E-state index contributed by atoms with van der Waals surface area (Å²) in [6.07, 6.45) is 2.75. The van der Waals surface area contributed by atoms with Crippen molar-refractivity contribution >= 4 is 35.7 Å². The molecule has 2 aliphatic heterocycles. The lowest BCUT2D eigenvalue weighted by molar-refractivity contribution is -0.147. The van der Waals surface area contributed by atoms with E-state index < -0.39 is 53.4 Å². The summed E-state index contributed by atoms with van der Waals surface area (Å²) in [6.45, 7) is 0. The molecule has 0 aliphatic carbocycles. The van der Waals surface area contributed by atoms with Crippen LogP contribution >= 0.6 is 0 Å². The van der Waals surface area contributed by atoms with Crippen LogP contribution < -0.4 is 10.6 Å². The van der Waals surface area contributed by atoms with Gasteiger partial charge in [0.05, 0.1) is 0 Å². The van der Waals surface area contributed by atoms with Crippen LogP contribution in [0.1, 0.15) is 11.5 Å². The summed E-state index contributed by atoms with van der Waals surface area (Å²) in [4.78, 5) is 78.9. The number of carbonyl (C=O) groups is 6. The molecule has 2 aliphatic rings. The Morgan fingerprint density at radius 1 is 0.815 bits per heavy atom. The average Bonchev–Trinajstić information content (AvgIpc) is 2.64. The lowest BCUT2D eigenvalue weighted by Gasteiger charge is -2.38.